The van der Waals surface area contributed by atoms with Crippen LogP contribution in [0, 0.1) is 0 Å². The highest BCUT2D eigenvalue weighted by Gasteiger charge is 2.46. The molecule has 0 aromatic heterocycles. The number of rotatable bonds is 2. The van der Waals surface area contributed by atoms with Crippen molar-refractivity contribution in [3.63, 3.8) is 0 Å². The second-order valence-electron chi connectivity index (χ2n) is 3.88. The molecule has 0 unspecified atom stereocenters. The molecule has 15 heavy (non-hydrogen) atoms. The Hall–Kier alpha value is -1.39. The maximum Gasteiger partial charge on any atom is 0.241 e. The summed E-state index contributed by atoms with van der Waals surface area (Å²) < 4.78 is 0. The summed E-state index contributed by atoms with van der Waals surface area (Å²) in [6.45, 7) is 1.08. The van der Waals surface area contributed by atoms with E-state index in [2.05, 4.69) is 0 Å². The topological polar surface area (TPSA) is 60.8 Å². The summed E-state index contributed by atoms with van der Waals surface area (Å²) in [5, 5.41) is 18.5. The van der Waals surface area contributed by atoms with Crippen LogP contribution in [0.2, 0.25) is 0 Å². The predicted octanol–water partition coefficient (Wildman–Crippen LogP) is 0.233. The molecule has 2 N–H and O–H groups in total. The number of carbonyl (C=O) groups is 1. The predicted molar refractivity (Wildman–Crippen MR) is 55.5 cm³/mol. The van der Waals surface area contributed by atoms with Crippen LogP contribution < -0.4 is 4.90 Å². The fraction of sp³-hybridized carbons (Fsp3) is 0.364. The molecule has 80 valence electrons. The van der Waals surface area contributed by atoms with Gasteiger partial charge in [-0.1, -0.05) is 18.2 Å². The smallest absolute Gasteiger partial charge is 0.241 e. The first-order valence-corrected chi connectivity index (χ1v) is 4.78. The van der Waals surface area contributed by atoms with E-state index in [4.69, 9.17) is 5.11 Å². The Labute approximate surface area is 87.8 Å². The molecular formula is C11H13NO3. The number of aliphatic hydroxyl groups excluding tert-OH is 2. The Balaban J connectivity index is 2.61. The third kappa shape index (κ3) is 1.19. The van der Waals surface area contributed by atoms with Gasteiger partial charge in [-0.05, 0) is 18.6 Å². The monoisotopic (exact) mass is 207 g/mol. The molecule has 0 fully saturated rings. The van der Waals surface area contributed by atoms with Gasteiger partial charge in [-0.3, -0.25) is 9.69 Å². The number of aliphatic hydroxyl groups is 2. The third-order valence-corrected chi connectivity index (χ3v) is 2.96. The zero-order chi connectivity index (χ0) is 11.1. The van der Waals surface area contributed by atoms with E-state index in [-0.39, 0.29) is 19.2 Å². The van der Waals surface area contributed by atoms with Gasteiger partial charge in [0.1, 0.15) is 6.73 Å². The molecule has 4 heteroatoms. The molecule has 0 saturated heterocycles. The Morgan fingerprint density at radius 3 is 2.60 bits per heavy atom. The molecule has 0 bridgehead atoms. The van der Waals surface area contributed by atoms with Crippen molar-refractivity contribution in [2.45, 2.75) is 12.3 Å². The van der Waals surface area contributed by atoms with Crippen molar-refractivity contribution in [1.29, 1.82) is 0 Å². The largest absolute Gasteiger partial charge is 0.395 e. The van der Waals surface area contributed by atoms with Gasteiger partial charge in [-0.25, -0.2) is 0 Å². The lowest BCUT2D eigenvalue weighted by atomic mass is 9.85. The zero-order valence-corrected chi connectivity index (χ0v) is 8.47. The van der Waals surface area contributed by atoms with Crippen molar-refractivity contribution in [2.75, 3.05) is 18.2 Å². The molecule has 0 aliphatic carbocycles. The Morgan fingerprint density at radius 1 is 1.33 bits per heavy atom. The van der Waals surface area contributed by atoms with Gasteiger partial charge in [-0.2, -0.15) is 0 Å². The quantitative estimate of drug-likeness (QED) is 0.730. The summed E-state index contributed by atoms with van der Waals surface area (Å²) in [7, 11) is 0. The van der Waals surface area contributed by atoms with Crippen LogP contribution in [-0.2, 0) is 10.2 Å². The fourth-order valence-electron chi connectivity index (χ4n) is 1.99. The van der Waals surface area contributed by atoms with Gasteiger partial charge in [0.05, 0.1) is 17.7 Å². The van der Waals surface area contributed by atoms with E-state index >= 15 is 0 Å². The molecule has 1 amide bonds. The van der Waals surface area contributed by atoms with Gasteiger partial charge in [0.25, 0.3) is 0 Å². The molecule has 0 saturated carbocycles. The first-order valence-electron chi connectivity index (χ1n) is 4.78. The summed E-state index contributed by atoms with van der Waals surface area (Å²) in [5.74, 6) is -0.256. The van der Waals surface area contributed by atoms with Crippen LogP contribution in [0.3, 0.4) is 0 Å². The van der Waals surface area contributed by atoms with E-state index in [1.165, 1.54) is 4.90 Å². The lowest BCUT2D eigenvalue weighted by Gasteiger charge is -2.20. The molecule has 4 nitrogen and oxygen atoms in total. The SMILES string of the molecule is C[C@]1(CO)C(=O)N(CO)c2ccccc21. The number of benzene rings is 1. The van der Waals surface area contributed by atoms with E-state index in [0.29, 0.717) is 5.69 Å². The van der Waals surface area contributed by atoms with Crippen molar-refractivity contribution in [3.05, 3.63) is 29.8 Å². The minimum Gasteiger partial charge on any atom is -0.395 e. The first kappa shape index (κ1) is 10.1. The second kappa shape index (κ2) is 3.32. The average Bonchev–Trinajstić information content (AvgIpc) is 2.50. The lowest BCUT2D eigenvalue weighted by Crippen LogP contribution is -2.41. The normalized spacial score (nSPS) is 24.5. The molecule has 1 aromatic rings. The Kier molecular flexibility index (Phi) is 2.25. The molecule has 2 rings (SSSR count). The number of hydrogen-bond acceptors (Lipinski definition) is 3. The van der Waals surface area contributed by atoms with Crippen LogP contribution in [0.1, 0.15) is 12.5 Å². The summed E-state index contributed by atoms with van der Waals surface area (Å²) in [6.07, 6.45) is 0. The van der Waals surface area contributed by atoms with Crippen LogP contribution in [0.25, 0.3) is 0 Å². The summed E-state index contributed by atoms with van der Waals surface area (Å²) in [6, 6.07) is 7.20. The standard InChI is InChI=1S/C11H13NO3/c1-11(6-13)8-4-2-3-5-9(8)12(7-14)10(11)15/h2-5,13-14H,6-7H2,1H3/t11-/m1/s1. The van der Waals surface area contributed by atoms with Gasteiger partial charge < -0.3 is 10.2 Å². The highest BCUT2D eigenvalue weighted by Crippen LogP contribution is 2.40. The lowest BCUT2D eigenvalue weighted by molar-refractivity contribution is -0.124. The van der Waals surface area contributed by atoms with E-state index in [1.807, 2.05) is 6.07 Å². The molecule has 1 aliphatic heterocycles. The van der Waals surface area contributed by atoms with Crippen LogP contribution in [0.15, 0.2) is 24.3 Å². The number of hydrogen-bond donors (Lipinski definition) is 2. The molecule has 1 aromatic carbocycles. The minimum atomic E-state index is -0.917. The molecule has 0 spiro atoms. The maximum absolute atomic E-state index is 12.0. The minimum absolute atomic E-state index is 0.251. The van der Waals surface area contributed by atoms with Crippen molar-refractivity contribution in [2.24, 2.45) is 0 Å². The van der Waals surface area contributed by atoms with Crippen LogP contribution >= 0.6 is 0 Å². The Bertz CT molecular complexity index is 405. The fourth-order valence-corrected chi connectivity index (χ4v) is 1.99. The van der Waals surface area contributed by atoms with Crippen LogP contribution in [0.5, 0.6) is 0 Å². The first-order chi connectivity index (χ1) is 7.15. The van der Waals surface area contributed by atoms with Gasteiger partial charge in [0, 0.05) is 0 Å². The van der Waals surface area contributed by atoms with Gasteiger partial charge >= 0.3 is 0 Å². The van der Waals surface area contributed by atoms with E-state index in [0.717, 1.165) is 5.56 Å². The van der Waals surface area contributed by atoms with Crippen molar-refractivity contribution in [1.82, 2.24) is 0 Å². The number of fused-ring (bicyclic) bond motifs is 1. The highest BCUT2D eigenvalue weighted by atomic mass is 16.3. The molecule has 1 aliphatic rings. The van der Waals surface area contributed by atoms with E-state index in [1.54, 1.807) is 25.1 Å². The van der Waals surface area contributed by atoms with Crippen LogP contribution in [-0.4, -0.2) is 29.5 Å². The van der Waals surface area contributed by atoms with Gasteiger partial charge in [0.15, 0.2) is 0 Å². The van der Waals surface area contributed by atoms with Gasteiger partial charge in [-0.15, -0.1) is 0 Å². The number of anilines is 1. The molecular weight excluding hydrogens is 194 g/mol. The number of para-hydroxylation sites is 1. The summed E-state index contributed by atoms with van der Waals surface area (Å²) in [5.41, 5.74) is 0.535. The average molecular weight is 207 g/mol. The van der Waals surface area contributed by atoms with Crippen LogP contribution in [0.4, 0.5) is 5.69 Å². The number of amides is 1. The highest BCUT2D eigenvalue weighted by molar-refractivity contribution is 6.07. The number of nitrogens with zero attached hydrogens (tertiary/aromatic N) is 1. The van der Waals surface area contributed by atoms with Crippen molar-refractivity contribution >= 4 is 11.6 Å². The second-order valence-corrected chi connectivity index (χ2v) is 3.88. The van der Waals surface area contributed by atoms with Crippen molar-refractivity contribution < 1.29 is 15.0 Å². The van der Waals surface area contributed by atoms with Crippen molar-refractivity contribution in [3.8, 4) is 0 Å². The summed E-state index contributed by atoms with van der Waals surface area (Å²) in [4.78, 5) is 13.2. The molecule has 1 heterocycles. The summed E-state index contributed by atoms with van der Waals surface area (Å²) >= 11 is 0. The van der Waals surface area contributed by atoms with E-state index in [9.17, 15) is 9.90 Å². The number of carbonyl (C=O) groups excluding carboxylic acids is 1. The zero-order valence-electron chi connectivity index (χ0n) is 8.47. The molecule has 1 atom stereocenters. The van der Waals surface area contributed by atoms with Gasteiger partial charge in [0.2, 0.25) is 5.91 Å². The maximum atomic E-state index is 12.0. The van der Waals surface area contributed by atoms with E-state index < -0.39 is 5.41 Å². The Morgan fingerprint density at radius 2 is 2.00 bits per heavy atom. The molecule has 0 radical (unpaired) electrons. The third-order valence-electron chi connectivity index (χ3n) is 2.96.